The van der Waals surface area contributed by atoms with E-state index in [0.29, 0.717) is 10.6 Å². The first-order valence-corrected chi connectivity index (χ1v) is 5.12. The maximum Gasteiger partial charge on any atom is 0.251 e. The number of likely N-dealkylation sites (N-methyl/N-ethyl adjacent to an activating group) is 1. The van der Waals surface area contributed by atoms with Crippen LogP contribution < -0.4 is 5.32 Å². The van der Waals surface area contributed by atoms with E-state index in [2.05, 4.69) is 5.32 Å². The lowest BCUT2D eigenvalue weighted by Gasteiger charge is -2.10. The molecule has 4 nitrogen and oxygen atoms in total. The maximum atomic E-state index is 11.6. The minimum atomic E-state index is -0.308. The van der Waals surface area contributed by atoms with Crippen molar-refractivity contribution in [3.8, 4) is 0 Å². The molecule has 0 heterocycles. The van der Waals surface area contributed by atoms with E-state index >= 15 is 0 Å². The molecule has 0 atom stereocenters. The Labute approximate surface area is 99.2 Å². The first-order valence-electron chi connectivity index (χ1n) is 4.74. The molecule has 1 aromatic carbocycles. The lowest BCUT2D eigenvalue weighted by molar-refractivity contribution is -0.127. The van der Waals surface area contributed by atoms with Gasteiger partial charge in [-0.15, -0.1) is 0 Å². The van der Waals surface area contributed by atoms with E-state index in [0.717, 1.165) is 0 Å². The van der Waals surface area contributed by atoms with E-state index in [4.69, 9.17) is 11.6 Å². The van der Waals surface area contributed by atoms with E-state index in [-0.39, 0.29) is 18.4 Å². The molecule has 1 rings (SSSR count). The SMILES string of the molecule is CN(C)C(=O)CNC(=O)c1cccc(Cl)c1. The number of nitrogens with one attached hydrogen (secondary N) is 1. The summed E-state index contributed by atoms with van der Waals surface area (Å²) in [6.45, 7) is -0.0155. The van der Waals surface area contributed by atoms with Gasteiger partial charge in [-0.3, -0.25) is 9.59 Å². The number of amides is 2. The van der Waals surface area contributed by atoms with Gasteiger partial charge < -0.3 is 10.2 Å². The molecule has 0 radical (unpaired) electrons. The van der Waals surface area contributed by atoms with Crippen LogP contribution in [0.25, 0.3) is 0 Å². The van der Waals surface area contributed by atoms with Crippen molar-refractivity contribution in [2.24, 2.45) is 0 Å². The summed E-state index contributed by atoms with van der Waals surface area (Å²) in [6, 6.07) is 6.56. The standard InChI is InChI=1S/C11H13ClN2O2/c1-14(2)10(15)7-13-11(16)8-4-3-5-9(12)6-8/h3-6H,7H2,1-2H3,(H,13,16). The number of carbonyl (C=O) groups is 2. The molecule has 86 valence electrons. The molecule has 0 bridgehead atoms. The van der Waals surface area contributed by atoms with Crippen LogP contribution >= 0.6 is 11.6 Å². The van der Waals surface area contributed by atoms with E-state index in [9.17, 15) is 9.59 Å². The molecule has 1 N–H and O–H groups in total. The van der Waals surface area contributed by atoms with Crippen molar-refractivity contribution < 1.29 is 9.59 Å². The summed E-state index contributed by atoms with van der Waals surface area (Å²) in [5.74, 6) is -0.465. The molecular weight excluding hydrogens is 228 g/mol. The summed E-state index contributed by atoms with van der Waals surface area (Å²) in [5, 5.41) is 3.01. The van der Waals surface area contributed by atoms with E-state index in [1.54, 1.807) is 38.4 Å². The predicted molar refractivity (Wildman–Crippen MR) is 62.5 cm³/mol. The molecule has 0 unspecified atom stereocenters. The predicted octanol–water partition coefficient (Wildman–Crippen LogP) is 1.16. The Morgan fingerprint density at radius 1 is 1.38 bits per heavy atom. The zero-order valence-electron chi connectivity index (χ0n) is 9.16. The van der Waals surface area contributed by atoms with Gasteiger partial charge in [-0.2, -0.15) is 0 Å². The number of hydrogen-bond acceptors (Lipinski definition) is 2. The third kappa shape index (κ3) is 3.55. The normalized spacial score (nSPS) is 9.69. The third-order valence-corrected chi connectivity index (χ3v) is 2.22. The van der Waals surface area contributed by atoms with Gasteiger partial charge in [0.05, 0.1) is 6.54 Å². The molecule has 0 saturated carbocycles. The summed E-state index contributed by atoms with van der Waals surface area (Å²) in [6.07, 6.45) is 0. The second-order valence-corrected chi connectivity index (χ2v) is 3.92. The van der Waals surface area contributed by atoms with Gasteiger partial charge in [0.15, 0.2) is 0 Å². The Bertz CT molecular complexity index is 405. The van der Waals surface area contributed by atoms with Gasteiger partial charge in [-0.1, -0.05) is 17.7 Å². The minimum absolute atomic E-state index is 0.0155. The highest BCUT2D eigenvalue weighted by atomic mass is 35.5. The fourth-order valence-electron chi connectivity index (χ4n) is 1.05. The zero-order chi connectivity index (χ0) is 12.1. The highest BCUT2D eigenvalue weighted by Crippen LogP contribution is 2.10. The number of nitrogens with zero attached hydrogens (tertiary/aromatic N) is 1. The van der Waals surface area contributed by atoms with Crippen molar-refractivity contribution in [1.82, 2.24) is 10.2 Å². The number of halogens is 1. The maximum absolute atomic E-state index is 11.6. The lowest BCUT2D eigenvalue weighted by Crippen LogP contribution is -2.36. The van der Waals surface area contributed by atoms with Gasteiger partial charge in [-0.25, -0.2) is 0 Å². The topological polar surface area (TPSA) is 49.4 Å². The van der Waals surface area contributed by atoms with Crippen LogP contribution in [0, 0.1) is 0 Å². The fourth-order valence-corrected chi connectivity index (χ4v) is 1.24. The summed E-state index contributed by atoms with van der Waals surface area (Å²) in [5.41, 5.74) is 0.444. The molecule has 0 aliphatic heterocycles. The van der Waals surface area contributed by atoms with Crippen LogP contribution in [0.2, 0.25) is 5.02 Å². The molecule has 2 amide bonds. The molecule has 1 aromatic rings. The largest absolute Gasteiger partial charge is 0.347 e. The van der Waals surface area contributed by atoms with Gasteiger partial charge in [0.2, 0.25) is 5.91 Å². The molecule has 0 saturated heterocycles. The molecule has 16 heavy (non-hydrogen) atoms. The van der Waals surface area contributed by atoms with Gasteiger partial charge in [0.25, 0.3) is 5.91 Å². The summed E-state index contributed by atoms with van der Waals surface area (Å²) < 4.78 is 0. The number of hydrogen-bond donors (Lipinski definition) is 1. The zero-order valence-corrected chi connectivity index (χ0v) is 9.91. The average Bonchev–Trinajstić information content (AvgIpc) is 2.25. The number of rotatable bonds is 3. The van der Waals surface area contributed by atoms with E-state index in [1.165, 1.54) is 4.90 Å². The molecule has 5 heteroatoms. The van der Waals surface area contributed by atoms with Gasteiger partial charge in [0, 0.05) is 24.7 Å². The van der Waals surface area contributed by atoms with Crippen LogP contribution in [0.15, 0.2) is 24.3 Å². The van der Waals surface area contributed by atoms with Gasteiger partial charge >= 0.3 is 0 Å². The number of benzene rings is 1. The fraction of sp³-hybridized carbons (Fsp3) is 0.273. The Kier molecular flexibility index (Phi) is 4.31. The van der Waals surface area contributed by atoms with Crippen LogP contribution in [0.5, 0.6) is 0 Å². The first kappa shape index (κ1) is 12.5. The van der Waals surface area contributed by atoms with Crippen LogP contribution in [-0.2, 0) is 4.79 Å². The molecular formula is C11H13ClN2O2. The highest BCUT2D eigenvalue weighted by Gasteiger charge is 2.09. The molecule has 0 aromatic heterocycles. The van der Waals surface area contributed by atoms with Crippen molar-refractivity contribution in [3.63, 3.8) is 0 Å². The number of carbonyl (C=O) groups excluding carboxylic acids is 2. The van der Waals surface area contributed by atoms with Gasteiger partial charge in [-0.05, 0) is 18.2 Å². The highest BCUT2D eigenvalue weighted by molar-refractivity contribution is 6.30. The molecule has 0 spiro atoms. The second kappa shape index (κ2) is 5.51. The van der Waals surface area contributed by atoms with Crippen molar-refractivity contribution in [3.05, 3.63) is 34.9 Å². The first-order chi connectivity index (χ1) is 7.50. The van der Waals surface area contributed by atoms with Crippen molar-refractivity contribution in [2.75, 3.05) is 20.6 Å². The Morgan fingerprint density at radius 3 is 2.62 bits per heavy atom. The van der Waals surface area contributed by atoms with Crippen LogP contribution in [-0.4, -0.2) is 37.4 Å². The molecule has 0 aliphatic rings. The van der Waals surface area contributed by atoms with Crippen LogP contribution in [0.4, 0.5) is 0 Å². The summed E-state index contributed by atoms with van der Waals surface area (Å²) in [4.78, 5) is 24.2. The minimum Gasteiger partial charge on any atom is -0.347 e. The van der Waals surface area contributed by atoms with E-state index < -0.39 is 0 Å². The van der Waals surface area contributed by atoms with E-state index in [1.807, 2.05) is 0 Å². The second-order valence-electron chi connectivity index (χ2n) is 3.48. The lowest BCUT2D eigenvalue weighted by atomic mass is 10.2. The van der Waals surface area contributed by atoms with Crippen LogP contribution in [0.3, 0.4) is 0 Å². The summed E-state index contributed by atoms with van der Waals surface area (Å²) >= 11 is 5.75. The Morgan fingerprint density at radius 2 is 2.06 bits per heavy atom. The van der Waals surface area contributed by atoms with Crippen molar-refractivity contribution in [1.29, 1.82) is 0 Å². The average molecular weight is 241 g/mol. The smallest absolute Gasteiger partial charge is 0.251 e. The Hall–Kier alpha value is -1.55. The van der Waals surface area contributed by atoms with Crippen molar-refractivity contribution in [2.45, 2.75) is 0 Å². The third-order valence-electron chi connectivity index (χ3n) is 1.99. The van der Waals surface area contributed by atoms with Gasteiger partial charge in [0.1, 0.15) is 0 Å². The molecule has 0 fully saturated rings. The monoisotopic (exact) mass is 240 g/mol. The molecule has 0 aliphatic carbocycles. The van der Waals surface area contributed by atoms with Crippen LogP contribution in [0.1, 0.15) is 10.4 Å². The Balaban J connectivity index is 2.57. The quantitative estimate of drug-likeness (QED) is 0.862. The summed E-state index contributed by atoms with van der Waals surface area (Å²) in [7, 11) is 3.27. The van der Waals surface area contributed by atoms with Crippen molar-refractivity contribution >= 4 is 23.4 Å².